The second kappa shape index (κ2) is 6.68. The van der Waals surface area contributed by atoms with Crippen LogP contribution in [0.15, 0.2) is 46.9 Å². The zero-order chi connectivity index (χ0) is 18.2. The number of anilines is 2. The molecule has 0 radical (unpaired) electrons. The number of benzene rings is 2. The van der Waals surface area contributed by atoms with Gasteiger partial charge in [-0.3, -0.25) is 9.10 Å². The van der Waals surface area contributed by atoms with Gasteiger partial charge < -0.3 is 10.1 Å². The molecule has 2 aromatic carbocycles. The van der Waals surface area contributed by atoms with Crippen molar-refractivity contribution in [3.63, 3.8) is 0 Å². The first-order valence-electron chi connectivity index (χ1n) is 7.56. The average molecular weight is 425 g/mol. The van der Waals surface area contributed by atoms with Crippen LogP contribution in [-0.4, -0.2) is 33.2 Å². The second-order valence-electron chi connectivity index (χ2n) is 5.82. The number of nitrogens with one attached hydrogen (secondary N) is 1. The van der Waals surface area contributed by atoms with Gasteiger partial charge in [0, 0.05) is 10.2 Å². The Balaban J connectivity index is 1.85. The van der Waals surface area contributed by atoms with E-state index in [0.29, 0.717) is 17.1 Å². The zero-order valence-corrected chi connectivity index (χ0v) is 16.1. The Morgan fingerprint density at radius 3 is 2.68 bits per heavy atom. The van der Waals surface area contributed by atoms with Crippen molar-refractivity contribution >= 4 is 43.2 Å². The molecule has 0 bridgehead atoms. The third-order valence-electron chi connectivity index (χ3n) is 3.85. The van der Waals surface area contributed by atoms with E-state index in [4.69, 9.17) is 4.74 Å². The van der Waals surface area contributed by atoms with Crippen LogP contribution < -0.4 is 14.4 Å². The molecule has 6 nitrogen and oxygen atoms in total. The van der Waals surface area contributed by atoms with Crippen LogP contribution >= 0.6 is 15.9 Å². The van der Waals surface area contributed by atoms with E-state index < -0.39 is 22.0 Å². The summed E-state index contributed by atoms with van der Waals surface area (Å²) in [5.74, 6) is -0.0313. The number of nitrogens with zero attached hydrogens (tertiary/aromatic N) is 1. The molecular formula is C17H17BrN2O4S. The standard InChI is InChI=1S/C17H17BrN2O4S/c1-11-9-12(7-8-13(11)18)19-17(21)16-10-20(25(2,22)23)14-5-3-4-6-15(14)24-16/h3-9,16H,10H2,1-2H3,(H,19,21)/t16-/m1/s1. The summed E-state index contributed by atoms with van der Waals surface area (Å²) in [6, 6.07) is 12.2. The minimum atomic E-state index is -3.52. The molecule has 8 heteroatoms. The summed E-state index contributed by atoms with van der Waals surface area (Å²) in [7, 11) is -3.52. The number of ether oxygens (including phenoxy) is 1. The lowest BCUT2D eigenvalue weighted by atomic mass is 10.2. The summed E-state index contributed by atoms with van der Waals surface area (Å²) in [5.41, 5.74) is 2.04. The Morgan fingerprint density at radius 2 is 2.00 bits per heavy atom. The van der Waals surface area contributed by atoms with Crippen molar-refractivity contribution in [2.75, 3.05) is 22.4 Å². The number of sulfonamides is 1. The minimum absolute atomic E-state index is 0.0722. The summed E-state index contributed by atoms with van der Waals surface area (Å²) >= 11 is 3.41. The summed E-state index contributed by atoms with van der Waals surface area (Å²) in [4.78, 5) is 12.6. The molecule has 0 unspecified atom stereocenters. The first-order chi connectivity index (χ1) is 11.8. The molecule has 25 heavy (non-hydrogen) atoms. The monoisotopic (exact) mass is 424 g/mol. The number of para-hydroxylation sites is 2. The van der Waals surface area contributed by atoms with E-state index in [1.54, 1.807) is 30.3 Å². The normalized spacial score (nSPS) is 16.8. The smallest absolute Gasteiger partial charge is 0.267 e. The zero-order valence-electron chi connectivity index (χ0n) is 13.7. The number of carbonyl (C=O) groups excluding carboxylic acids is 1. The highest BCUT2D eigenvalue weighted by Gasteiger charge is 2.34. The van der Waals surface area contributed by atoms with Gasteiger partial charge in [0.25, 0.3) is 5.91 Å². The van der Waals surface area contributed by atoms with Gasteiger partial charge in [0.2, 0.25) is 10.0 Å². The van der Waals surface area contributed by atoms with Gasteiger partial charge in [-0.25, -0.2) is 8.42 Å². The van der Waals surface area contributed by atoms with Crippen molar-refractivity contribution in [2.24, 2.45) is 0 Å². The Kier molecular flexibility index (Phi) is 4.75. The van der Waals surface area contributed by atoms with Gasteiger partial charge in [0.15, 0.2) is 6.10 Å². The number of aryl methyl sites for hydroxylation is 1. The van der Waals surface area contributed by atoms with Crippen LogP contribution in [-0.2, 0) is 14.8 Å². The maximum atomic E-state index is 12.6. The first-order valence-corrected chi connectivity index (χ1v) is 10.2. The van der Waals surface area contributed by atoms with Crippen molar-refractivity contribution in [1.29, 1.82) is 0 Å². The lowest BCUT2D eigenvalue weighted by molar-refractivity contribution is -0.122. The molecular weight excluding hydrogens is 408 g/mol. The van der Waals surface area contributed by atoms with Crippen LogP contribution in [0.1, 0.15) is 5.56 Å². The number of fused-ring (bicyclic) bond motifs is 1. The van der Waals surface area contributed by atoms with Crippen LogP contribution in [0.25, 0.3) is 0 Å². The molecule has 2 aromatic rings. The molecule has 132 valence electrons. The quantitative estimate of drug-likeness (QED) is 0.821. The number of hydrogen-bond acceptors (Lipinski definition) is 4. The van der Waals surface area contributed by atoms with E-state index in [2.05, 4.69) is 21.2 Å². The third-order valence-corrected chi connectivity index (χ3v) is 5.89. The molecule has 1 N–H and O–H groups in total. The lowest BCUT2D eigenvalue weighted by Crippen LogP contribution is -2.48. The lowest BCUT2D eigenvalue weighted by Gasteiger charge is -2.33. The van der Waals surface area contributed by atoms with Gasteiger partial charge in [-0.15, -0.1) is 0 Å². The van der Waals surface area contributed by atoms with Crippen LogP contribution in [0.5, 0.6) is 5.75 Å². The van der Waals surface area contributed by atoms with Gasteiger partial charge in [-0.1, -0.05) is 28.1 Å². The molecule has 0 spiro atoms. The van der Waals surface area contributed by atoms with E-state index in [1.165, 1.54) is 4.31 Å². The largest absolute Gasteiger partial charge is 0.476 e. The summed E-state index contributed by atoms with van der Waals surface area (Å²) in [6.45, 7) is 1.84. The fraction of sp³-hybridized carbons (Fsp3) is 0.235. The van der Waals surface area contributed by atoms with Crippen LogP contribution in [0.4, 0.5) is 11.4 Å². The van der Waals surface area contributed by atoms with Crippen molar-refractivity contribution in [2.45, 2.75) is 13.0 Å². The highest BCUT2D eigenvalue weighted by molar-refractivity contribution is 9.10. The molecule has 3 rings (SSSR count). The maximum Gasteiger partial charge on any atom is 0.267 e. The molecule has 0 aromatic heterocycles. The van der Waals surface area contributed by atoms with E-state index in [-0.39, 0.29) is 6.54 Å². The molecule has 0 saturated carbocycles. The molecule has 1 aliphatic heterocycles. The summed E-state index contributed by atoms with van der Waals surface area (Å²) < 4.78 is 32.0. The predicted octanol–water partition coefficient (Wildman–Crippen LogP) is 2.92. The number of hydrogen-bond donors (Lipinski definition) is 1. The van der Waals surface area contributed by atoms with Crippen molar-refractivity contribution in [3.05, 3.63) is 52.5 Å². The Labute approximate surface area is 155 Å². The van der Waals surface area contributed by atoms with Crippen LogP contribution in [0.3, 0.4) is 0 Å². The van der Waals surface area contributed by atoms with E-state index in [0.717, 1.165) is 16.3 Å². The fourth-order valence-corrected chi connectivity index (χ4v) is 3.76. The average Bonchev–Trinajstić information content (AvgIpc) is 2.56. The first kappa shape index (κ1) is 17.8. The highest BCUT2D eigenvalue weighted by Crippen LogP contribution is 2.34. The Bertz CT molecular complexity index is 930. The van der Waals surface area contributed by atoms with Gasteiger partial charge in [-0.05, 0) is 42.8 Å². The van der Waals surface area contributed by atoms with Crippen LogP contribution in [0.2, 0.25) is 0 Å². The van der Waals surface area contributed by atoms with Crippen molar-refractivity contribution < 1.29 is 17.9 Å². The van der Waals surface area contributed by atoms with Gasteiger partial charge >= 0.3 is 0 Å². The fourth-order valence-electron chi connectivity index (χ4n) is 2.60. The van der Waals surface area contributed by atoms with E-state index in [1.807, 2.05) is 19.1 Å². The summed E-state index contributed by atoms with van der Waals surface area (Å²) in [5, 5.41) is 2.78. The Morgan fingerprint density at radius 1 is 1.28 bits per heavy atom. The molecule has 0 fully saturated rings. The molecule has 1 heterocycles. The molecule has 1 aliphatic rings. The number of rotatable bonds is 3. The Hall–Kier alpha value is -2.06. The SMILES string of the molecule is Cc1cc(NC(=O)[C@H]2CN(S(C)(=O)=O)c3ccccc3O2)ccc1Br. The second-order valence-corrected chi connectivity index (χ2v) is 8.58. The molecule has 0 saturated heterocycles. The summed E-state index contributed by atoms with van der Waals surface area (Å²) in [6.07, 6.45) is 0.177. The van der Waals surface area contributed by atoms with Gasteiger partial charge in [0.1, 0.15) is 5.75 Å². The maximum absolute atomic E-state index is 12.6. The van der Waals surface area contributed by atoms with E-state index in [9.17, 15) is 13.2 Å². The number of amides is 1. The minimum Gasteiger partial charge on any atom is -0.476 e. The third kappa shape index (κ3) is 3.80. The van der Waals surface area contributed by atoms with Crippen molar-refractivity contribution in [3.8, 4) is 5.75 Å². The topological polar surface area (TPSA) is 75.7 Å². The van der Waals surface area contributed by atoms with Crippen molar-refractivity contribution in [1.82, 2.24) is 0 Å². The number of carbonyl (C=O) groups is 1. The van der Waals surface area contributed by atoms with Crippen LogP contribution in [0, 0.1) is 6.92 Å². The predicted molar refractivity (Wildman–Crippen MR) is 101 cm³/mol. The highest BCUT2D eigenvalue weighted by atomic mass is 79.9. The van der Waals surface area contributed by atoms with E-state index >= 15 is 0 Å². The molecule has 1 amide bonds. The van der Waals surface area contributed by atoms with Gasteiger partial charge in [-0.2, -0.15) is 0 Å². The molecule has 0 aliphatic carbocycles. The van der Waals surface area contributed by atoms with Gasteiger partial charge in [0.05, 0.1) is 18.5 Å². The molecule has 1 atom stereocenters. The number of halogens is 1.